The van der Waals surface area contributed by atoms with Crippen molar-refractivity contribution in [2.45, 2.75) is 25.4 Å². The first-order valence-corrected chi connectivity index (χ1v) is 8.24. The molecule has 21 heavy (non-hydrogen) atoms. The van der Waals surface area contributed by atoms with Crippen LogP contribution in [0.4, 0.5) is 0 Å². The molecular weight excluding hydrogens is 308 g/mol. The Labute approximate surface area is 132 Å². The maximum absolute atomic E-state index is 11.2. The largest absolute Gasteiger partial charge is 0.477 e. The average molecular weight is 325 g/mol. The highest BCUT2D eigenvalue weighted by Gasteiger charge is 2.23. The first-order valence-electron chi connectivity index (χ1n) is 6.99. The number of likely N-dealkylation sites (tertiary alicyclic amines) is 1. The molecule has 0 aromatic carbocycles. The lowest BCUT2D eigenvalue weighted by Crippen LogP contribution is -2.34. The van der Waals surface area contributed by atoms with Crippen molar-refractivity contribution < 1.29 is 9.90 Å². The molecule has 1 saturated heterocycles. The molecule has 3 heterocycles. The van der Waals surface area contributed by atoms with Gasteiger partial charge in [-0.25, -0.2) is 4.79 Å². The molecule has 112 valence electrons. The molecular formula is C15H17ClN2O2S. The van der Waals surface area contributed by atoms with Crippen molar-refractivity contribution in [3.8, 4) is 0 Å². The molecule has 0 saturated carbocycles. The summed E-state index contributed by atoms with van der Waals surface area (Å²) in [5.74, 6) is -0.851. The van der Waals surface area contributed by atoms with Crippen LogP contribution in [0, 0.1) is 0 Å². The van der Waals surface area contributed by atoms with Crippen LogP contribution in [0.2, 0.25) is 5.02 Å². The van der Waals surface area contributed by atoms with E-state index in [0.29, 0.717) is 5.69 Å². The van der Waals surface area contributed by atoms with Gasteiger partial charge in [-0.2, -0.15) is 0 Å². The first-order chi connectivity index (χ1) is 10.1. The van der Waals surface area contributed by atoms with Gasteiger partial charge in [-0.15, -0.1) is 11.3 Å². The third-order valence-electron chi connectivity index (χ3n) is 3.95. The second-order valence-electron chi connectivity index (χ2n) is 5.34. The van der Waals surface area contributed by atoms with Crippen molar-refractivity contribution in [3.63, 3.8) is 0 Å². The summed E-state index contributed by atoms with van der Waals surface area (Å²) in [6, 6.07) is 5.78. The Balaban J connectivity index is 1.60. The topological polar surface area (TPSA) is 45.5 Å². The molecule has 0 bridgehead atoms. The fourth-order valence-electron chi connectivity index (χ4n) is 2.91. The minimum Gasteiger partial charge on any atom is -0.477 e. The molecule has 0 aliphatic carbocycles. The second-order valence-corrected chi connectivity index (χ2v) is 6.78. The average Bonchev–Trinajstić information content (AvgIpc) is 3.09. The number of nitrogens with zero attached hydrogens (tertiary/aromatic N) is 2. The Bertz CT molecular complexity index is 629. The lowest BCUT2D eigenvalue weighted by Gasteiger charge is -2.33. The Morgan fingerprint density at radius 1 is 1.43 bits per heavy atom. The van der Waals surface area contributed by atoms with Gasteiger partial charge in [-0.1, -0.05) is 11.6 Å². The number of rotatable bonds is 4. The maximum atomic E-state index is 11.2. The summed E-state index contributed by atoms with van der Waals surface area (Å²) >= 11 is 7.64. The predicted octanol–water partition coefficient (Wildman–Crippen LogP) is 3.74. The van der Waals surface area contributed by atoms with Crippen molar-refractivity contribution in [1.82, 2.24) is 9.47 Å². The lowest BCUT2D eigenvalue weighted by molar-refractivity contribution is 0.0678. The molecule has 1 aliphatic rings. The Kier molecular flexibility index (Phi) is 4.33. The predicted molar refractivity (Wildman–Crippen MR) is 84.3 cm³/mol. The number of hydrogen-bond acceptors (Lipinski definition) is 3. The summed E-state index contributed by atoms with van der Waals surface area (Å²) in [7, 11) is 0. The van der Waals surface area contributed by atoms with Crippen LogP contribution in [0.25, 0.3) is 0 Å². The molecule has 2 aromatic heterocycles. The van der Waals surface area contributed by atoms with Crippen molar-refractivity contribution in [3.05, 3.63) is 45.4 Å². The van der Waals surface area contributed by atoms with Gasteiger partial charge < -0.3 is 9.67 Å². The van der Waals surface area contributed by atoms with Gasteiger partial charge in [0.1, 0.15) is 5.69 Å². The highest BCUT2D eigenvalue weighted by atomic mass is 35.5. The van der Waals surface area contributed by atoms with E-state index in [1.54, 1.807) is 17.4 Å². The molecule has 0 amide bonds. The summed E-state index contributed by atoms with van der Waals surface area (Å²) in [5.41, 5.74) is 0.387. The van der Waals surface area contributed by atoms with E-state index in [4.69, 9.17) is 11.6 Å². The molecule has 1 N–H and O–H groups in total. The van der Waals surface area contributed by atoms with Crippen molar-refractivity contribution in [2.75, 3.05) is 13.1 Å². The van der Waals surface area contributed by atoms with Gasteiger partial charge in [0.15, 0.2) is 0 Å². The van der Waals surface area contributed by atoms with E-state index in [1.807, 2.05) is 28.3 Å². The van der Waals surface area contributed by atoms with Crippen LogP contribution >= 0.6 is 22.9 Å². The second kappa shape index (κ2) is 6.22. The number of aromatic nitrogens is 1. The van der Waals surface area contributed by atoms with Gasteiger partial charge in [0, 0.05) is 42.1 Å². The van der Waals surface area contributed by atoms with Crippen LogP contribution in [0.5, 0.6) is 0 Å². The Hall–Kier alpha value is -1.30. The normalized spacial score (nSPS) is 17.2. The molecule has 1 fully saturated rings. The summed E-state index contributed by atoms with van der Waals surface area (Å²) in [5, 5.41) is 12.0. The first kappa shape index (κ1) is 14.6. The molecule has 2 aromatic rings. The van der Waals surface area contributed by atoms with E-state index in [2.05, 4.69) is 4.90 Å². The van der Waals surface area contributed by atoms with Gasteiger partial charge in [0.2, 0.25) is 0 Å². The number of piperidine rings is 1. The van der Waals surface area contributed by atoms with E-state index in [1.165, 1.54) is 4.88 Å². The molecule has 3 rings (SSSR count). The smallest absolute Gasteiger partial charge is 0.352 e. The monoisotopic (exact) mass is 324 g/mol. The van der Waals surface area contributed by atoms with E-state index in [9.17, 15) is 9.90 Å². The highest BCUT2D eigenvalue weighted by Crippen LogP contribution is 2.27. The zero-order valence-corrected chi connectivity index (χ0v) is 13.1. The number of aromatic carboxylic acids is 1. The number of halogens is 1. The zero-order valence-electron chi connectivity index (χ0n) is 11.5. The van der Waals surface area contributed by atoms with Gasteiger partial charge in [0.05, 0.1) is 5.02 Å². The van der Waals surface area contributed by atoms with Crippen LogP contribution in [0.1, 0.15) is 34.2 Å². The summed E-state index contributed by atoms with van der Waals surface area (Å²) in [4.78, 5) is 14.9. The van der Waals surface area contributed by atoms with Gasteiger partial charge in [-0.05, 0) is 31.0 Å². The minimum atomic E-state index is -0.851. The quantitative estimate of drug-likeness (QED) is 0.932. The number of carbonyl (C=O) groups is 1. The van der Waals surface area contributed by atoms with Crippen LogP contribution in [0.15, 0.2) is 29.8 Å². The number of thiophene rings is 1. The molecule has 6 heteroatoms. The SMILES string of the molecule is O=C(O)c1cccn1C1CCN(Cc2cc(Cl)cs2)CC1. The summed E-state index contributed by atoms with van der Waals surface area (Å²) in [6.45, 7) is 2.90. The number of hydrogen-bond donors (Lipinski definition) is 1. The van der Waals surface area contributed by atoms with Crippen LogP contribution in [0.3, 0.4) is 0 Å². The zero-order chi connectivity index (χ0) is 14.8. The molecule has 1 aliphatic heterocycles. The van der Waals surface area contributed by atoms with E-state index < -0.39 is 5.97 Å². The maximum Gasteiger partial charge on any atom is 0.352 e. The molecule has 0 spiro atoms. The van der Waals surface area contributed by atoms with E-state index in [-0.39, 0.29) is 6.04 Å². The lowest BCUT2D eigenvalue weighted by atomic mass is 10.0. The molecule has 4 nitrogen and oxygen atoms in total. The van der Waals surface area contributed by atoms with E-state index in [0.717, 1.165) is 37.5 Å². The van der Waals surface area contributed by atoms with Crippen molar-refractivity contribution in [1.29, 1.82) is 0 Å². The van der Waals surface area contributed by atoms with Crippen molar-refractivity contribution >= 4 is 28.9 Å². The van der Waals surface area contributed by atoms with Crippen LogP contribution in [-0.2, 0) is 6.54 Å². The molecule has 0 atom stereocenters. The standard InChI is InChI=1S/C15H17ClN2O2S/c16-11-8-13(21-10-11)9-17-6-3-12(4-7-17)18-5-1-2-14(18)15(19)20/h1-2,5,8,10,12H,3-4,6-7,9H2,(H,19,20). The fourth-order valence-corrected chi connectivity index (χ4v) is 4.02. The molecule has 0 unspecified atom stereocenters. The summed E-state index contributed by atoms with van der Waals surface area (Å²) < 4.78 is 1.90. The highest BCUT2D eigenvalue weighted by molar-refractivity contribution is 7.10. The summed E-state index contributed by atoms with van der Waals surface area (Å²) in [6.07, 6.45) is 3.84. The van der Waals surface area contributed by atoms with E-state index >= 15 is 0 Å². The number of carboxylic acid groups (broad SMARTS) is 1. The van der Waals surface area contributed by atoms with Crippen LogP contribution in [-0.4, -0.2) is 33.6 Å². The van der Waals surface area contributed by atoms with Gasteiger partial charge in [-0.3, -0.25) is 4.90 Å². The van der Waals surface area contributed by atoms with Gasteiger partial charge >= 0.3 is 5.97 Å². The van der Waals surface area contributed by atoms with Gasteiger partial charge in [0.25, 0.3) is 0 Å². The Morgan fingerprint density at radius 3 is 2.81 bits per heavy atom. The number of carboxylic acids is 1. The van der Waals surface area contributed by atoms with Crippen molar-refractivity contribution in [2.24, 2.45) is 0 Å². The third kappa shape index (κ3) is 3.31. The van der Waals surface area contributed by atoms with Crippen LogP contribution < -0.4 is 0 Å². The third-order valence-corrected chi connectivity index (χ3v) is 5.22. The Morgan fingerprint density at radius 2 is 2.19 bits per heavy atom. The minimum absolute atomic E-state index is 0.286. The molecule has 0 radical (unpaired) electrons. The fraction of sp³-hybridized carbons (Fsp3) is 0.400.